The van der Waals surface area contributed by atoms with Gasteiger partial charge in [0.1, 0.15) is 10.6 Å². The van der Waals surface area contributed by atoms with Gasteiger partial charge in [0.05, 0.1) is 27.5 Å². The highest BCUT2D eigenvalue weighted by molar-refractivity contribution is 7.86. The van der Waals surface area contributed by atoms with Crippen molar-refractivity contribution in [2.24, 2.45) is 5.10 Å². The summed E-state index contributed by atoms with van der Waals surface area (Å²) < 4.78 is 71.7. The van der Waals surface area contributed by atoms with E-state index in [1.54, 1.807) is 0 Å². The molecule has 0 aliphatic carbocycles. The lowest BCUT2D eigenvalue weighted by Gasteiger charge is -2.28. The van der Waals surface area contributed by atoms with Crippen molar-refractivity contribution in [3.8, 4) is 5.75 Å². The quantitative estimate of drug-likeness (QED) is 0.197. The van der Waals surface area contributed by atoms with Gasteiger partial charge in [-0.25, -0.2) is 0 Å². The van der Waals surface area contributed by atoms with E-state index in [1.165, 1.54) is 37.4 Å². The Morgan fingerprint density at radius 1 is 0.923 bits per heavy atom. The van der Waals surface area contributed by atoms with E-state index in [0.29, 0.717) is 6.07 Å². The molecule has 0 spiro atoms. The number of nitrogens with zero attached hydrogens (tertiary/aromatic N) is 5. The van der Waals surface area contributed by atoms with Crippen molar-refractivity contribution in [3.63, 3.8) is 0 Å². The van der Waals surface area contributed by atoms with Gasteiger partial charge in [0.25, 0.3) is 25.9 Å². The molecule has 0 aromatic heterocycles. The minimum atomic E-state index is -5.09. The van der Waals surface area contributed by atoms with Gasteiger partial charge in [-0.15, -0.1) is 5.10 Å². The number of nitrogens with one attached hydrogen (secondary N) is 1. The minimum absolute atomic E-state index is 0.00763. The Morgan fingerprint density at radius 3 is 2.13 bits per heavy atom. The Morgan fingerprint density at radius 2 is 1.59 bits per heavy atom. The number of nitro groups is 2. The third-order valence-electron chi connectivity index (χ3n) is 5.27. The summed E-state index contributed by atoms with van der Waals surface area (Å²) in [6.45, 7) is 0. The maximum Gasteiger partial charge on any atom is 0.313 e. The van der Waals surface area contributed by atoms with E-state index in [4.69, 9.17) is 4.74 Å². The molecule has 0 saturated heterocycles. The Labute approximate surface area is 219 Å². The summed E-state index contributed by atoms with van der Waals surface area (Å²) in [4.78, 5) is 19.5. The van der Waals surface area contributed by atoms with E-state index in [-0.39, 0.29) is 34.2 Å². The van der Waals surface area contributed by atoms with Gasteiger partial charge in [-0.3, -0.25) is 34.8 Å². The van der Waals surface area contributed by atoms with E-state index in [2.05, 4.69) is 10.5 Å². The molecule has 17 nitrogen and oxygen atoms in total. The molecule has 19 heteroatoms. The number of anilines is 2. The normalized spacial score (nSPS) is 13.6. The molecule has 0 unspecified atom stereocenters. The van der Waals surface area contributed by atoms with Crippen LogP contribution in [0.2, 0.25) is 0 Å². The van der Waals surface area contributed by atoms with Gasteiger partial charge in [-0.2, -0.15) is 27.1 Å². The predicted molar refractivity (Wildman–Crippen MR) is 133 cm³/mol. The van der Waals surface area contributed by atoms with Gasteiger partial charge < -0.3 is 4.74 Å². The first-order valence-corrected chi connectivity index (χ1v) is 13.2. The topological polar surface area (TPSA) is 235 Å². The minimum Gasteiger partial charge on any atom is -0.489 e. The number of non-ortho nitro benzene ring substituents is 1. The van der Waals surface area contributed by atoms with Gasteiger partial charge in [-0.05, 0) is 36.4 Å². The molecular weight excluding hydrogens is 564 g/mol. The monoisotopic (exact) mass is 580 g/mol. The second kappa shape index (κ2) is 9.79. The zero-order valence-corrected chi connectivity index (χ0v) is 21.0. The molecule has 0 saturated carbocycles. The van der Waals surface area contributed by atoms with Crippen molar-refractivity contribution in [1.82, 2.24) is 5.43 Å². The number of amidine groups is 1. The van der Waals surface area contributed by atoms with E-state index < -0.39 is 45.6 Å². The van der Waals surface area contributed by atoms with Gasteiger partial charge in [0, 0.05) is 23.8 Å². The second-order valence-corrected chi connectivity index (χ2v) is 10.4. The maximum absolute atomic E-state index is 12.1. The highest BCUT2D eigenvalue weighted by Crippen LogP contribution is 2.39. The number of hydrogen-bond donors (Lipinski definition) is 3. The fourth-order valence-corrected chi connectivity index (χ4v) is 4.87. The summed E-state index contributed by atoms with van der Waals surface area (Å²) in [7, 11) is -8.77. The van der Waals surface area contributed by atoms with Crippen molar-refractivity contribution >= 4 is 48.8 Å². The van der Waals surface area contributed by atoms with Crippen molar-refractivity contribution in [3.05, 3.63) is 86.5 Å². The van der Waals surface area contributed by atoms with Crippen LogP contribution in [0.15, 0.2) is 75.6 Å². The second-order valence-electron chi connectivity index (χ2n) is 7.63. The Kier molecular flexibility index (Phi) is 6.83. The van der Waals surface area contributed by atoms with E-state index in [1.807, 2.05) is 0 Å². The third kappa shape index (κ3) is 5.27. The van der Waals surface area contributed by atoms with Gasteiger partial charge in [-0.1, -0.05) is 6.07 Å². The first-order valence-electron chi connectivity index (χ1n) is 10.3. The SMILES string of the molecule is COc1c(N2NC(c3ccc(S(=O)(=O)O)cc3S(=O)(=O)O)=NN2c2ccc([N+](=O)[O-])cc2)cccc1[N+](=O)[O-]. The average molecular weight is 581 g/mol. The lowest BCUT2D eigenvalue weighted by atomic mass is 10.2. The predicted octanol–water partition coefficient (Wildman–Crippen LogP) is 2.11. The lowest BCUT2D eigenvalue weighted by Crippen LogP contribution is -2.45. The van der Waals surface area contributed by atoms with Gasteiger partial charge >= 0.3 is 5.69 Å². The van der Waals surface area contributed by atoms with Crippen LogP contribution in [0.25, 0.3) is 0 Å². The highest BCUT2D eigenvalue weighted by Gasteiger charge is 2.34. The number of ether oxygens (including phenoxy) is 1. The van der Waals surface area contributed by atoms with E-state index in [0.717, 1.165) is 34.5 Å². The van der Waals surface area contributed by atoms with Crippen LogP contribution in [0.1, 0.15) is 5.56 Å². The fourth-order valence-electron chi connectivity index (χ4n) is 3.57. The molecular formula is C20H16N6O11S2. The molecule has 39 heavy (non-hydrogen) atoms. The van der Waals surface area contributed by atoms with E-state index in [9.17, 15) is 46.2 Å². The molecule has 1 aliphatic heterocycles. The van der Waals surface area contributed by atoms with Crippen LogP contribution in [-0.4, -0.2) is 48.7 Å². The smallest absolute Gasteiger partial charge is 0.313 e. The van der Waals surface area contributed by atoms with Gasteiger partial charge in [0.15, 0.2) is 5.84 Å². The van der Waals surface area contributed by atoms with Crippen molar-refractivity contribution < 1.29 is 40.5 Å². The summed E-state index contributed by atoms with van der Waals surface area (Å²) in [5.74, 6) is -0.550. The maximum atomic E-state index is 12.1. The lowest BCUT2D eigenvalue weighted by molar-refractivity contribution is -0.385. The zero-order chi connectivity index (χ0) is 28.7. The molecule has 204 valence electrons. The van der Waals surface area contributed by atoms with Crippen LogP contribution in [0, 0.1) is 20.2 Å². The Bertz CT molecular complexity index is 1740. The van der Waals surface area contributed by atoms with Gasteiger partial charge in [0.2, 0.25) is 5.75 Å². The first kappa shape index (κ1) is 27.2. The number of para-hydroxylation sites is 1. The molecule has 3 aromatic rings. The number of rotatable bonds is 8. The molecule has 0 bridgehead atoms. The molecule has 4 rings (SSSR count). The first-order chi connectivity index (χ1) is 18.2. The molecule has 0 fully saturated rings. The number of nitro benzene ring substituents is 2. The summed E-state index contributed by atoms with van der Waals surface area (Å²) in [5.41, 5.74) is 1.79. The number of hydrogen-bond acceptors (Lipinski definition) is 13. The third-order valence-corrected chi connectivity index (χ3v) is 7.02. The van der Waals surface area contributed by atoms with Crippen molar-refractivity contribution in [2.75, 3.05) is 17.3 Å². The van der Waals surface area contributed by atoms with Crippen LogP contribution in [0.4, 0.5) is 22.7 Å². The molecule has 3 N–H and O–H groups in total. The summed E-state index contributed by atoms with van der Waals surface area (Å²) >= 11 is 0. The molecule has 0 radical (unpaired) electrons. The van der Waals surface area contributed by atoms with E-state index >= 15 is 0 Å². The molecule has 0 amide bonds. The Balaban J connectivity index is 1.93. The Hall–Kier alpha value is -4.85. The summed E-state index contributed by atoms with van der Waals surface area (Å²) in [6.07, 6.45) is 0. The summed E-state index contributed by atoms with van der Waals surface area (Å²) in [6, 6.07) is 11.1. The molecule has 1 aliphatic rings. The molecule has 1 heterocycles. The number of benzene rings is 3. The molecule has 0 atom stereocenters. The highest BCUT2D eigenvalue weighted by atomic mass is 32.2. The molecule has 3 aromatic carbocycles. The zero-order valence-electron chi connectivity index (χ0n) is 19.4. The number of hydrazone groups is 1. The van der Waals surface area contributed by atoms with Crippen LogP contribution in [0.5, 0.6) is 5.75 Å². The van der Waals surface area contributed by atoms with Crippen LogP contribution in [0.3, 0.4) is 0 Å². The summed E-state index contributed by atoms with van der Waals surface area (Å²) in [5, 5.41) is 29.1. The largest absolute Gasteiger partial charge is 0.489 e. The van der Waals surface area contributed by atoms with Crippen LogP contribution in [-0.2, 0) is 20.2 Å². The number of methoxy groups -OCH3 is 1. The number of hydrazine groups is 2. The van der Waals surface area contributed by atoms with Crippen LogP contribution >= 0.6 is 0 Å². The van der Waals surface area contributed by atoms with Crippen LogP contribution < -0.4 is 20.4 Å². The van der Waals surface area contributed by atoms with Crippen molar-refractivity contribution in [1.29, 1.82) is 0 Å². The standard InChI is InChI=1S/C20H16N6O11S2/c1-37-19-16(3-2-4-17(19)26(29)30)24-22-20(21-23(24)12-5-7-13(8-6-12)25(27)28)15-10-9-14(38(31,32)33)11-18(15)39(34,35)36/h2-11H,1H3,(H,21,22)(H,31,32,33)(H,34,35,36). The fraction of sp³-hybridized carbons (Fsp3) is 0.0500. The van der Waals surface area contributed by atoms with Crippen molar-refractivity contribution in [2.45, 2.75) is 9.79 Å². The average Bonchev–Trinajstić information content (AvgIpc) is 3.32.